The molecule has 8 aromatic carbocycles. The van der Waals surface area contributed by atoms with Crippen molar-refractivity contribution in [1.82, 2.24) is 15.4 Å². The molecule has 10 rings (SSSR count). The molecule has 2 heterocycles. The molecule has 4 heteroatoms. The first-order valence-electron chi connectivity index (χ1n) is 18.5. The Kier molecular flexibility index (Phi) is 8.36. The van der Waals surface area contributed by atoms with Crippen molar-refractivity contribution in [2.45, 2.75) is 0 Å². The van der Waals surface area contributed by atoms with E-state index in [0.717, 1.165) is 50.3 Å². The zero-order chi connectivity index (χ0) is 36.6. The molecule has 0 fully saturated rings. The third-order valence-electron chi connectivity index (χ3n) is 10.4. The van der Waals surface area contributed by atoms with Gasteiger partial charge in [-0.2, -0.15) is 0 Å². The summed E-state index contributed by atoms with van der Waals surface area (Å²) in [6.07, 6.45) is 0. The van der Waals surface area contributed by atoms with Crippen LogP contribution in [0.2, 0.25) is 0 Å². The molecule has 55 heavy (non-hydrogen) atoms. The number of hydrogen-bond acceptors (Lipinski definition) is 4. The van der Waals surface area contributed by atoms with Crippen molar-refractivity contribution in [1.29, 1.82) is 0 Å². The average Bonchev–Trinajstić information content (AvgIpc) is 3.66. The van der Waals surface area contributed by atoms with E-state index < -0.39 is 0 Å². The van der Waals surface area contributed by atoms with Gasteiger partial charge in [0.1, 0.15) is 11.4 Å². The van der Waals surface area contributed by atoms with Crippen LogP contribution in [0.15, 0.2) is 200 Å². The van der Waals surface area contributed by atoms with Crippen molar-refractivity contribution in [3.05, 3.63) is 200 Å². The number of nitrogens with zero attached hydrogens (tertiary/aromatic N) is 3. The molecule has 0 bridgehead atoms. The highest BCUT2D eigenvalue weighted by atomic mass is 32.1. The lowest BCUT2D eigenvalue weighted by molar-refractivity contribution is 0.879. The summed E-state index contributed by atoms with van der Waals surface area (Å²) >= 11 is 1.84. The summed E-state index contributed by atoms with van der Waals surface area (Å²) in [7, 11) is 0. The van der Waals surface area contributed by atoms with Gasteiger partial charge in [0.25, 0.3) is 0 Å². The third-order valence-corrected chi connectivity index (χ3v) is 11.5. The minimum absolute atomic E-state index is 0.784. The zero-order valence-corrected chi connectivity index (χ0v) is 30.6. The lowest BCUT2D eigenvalue weighted by atomic mass is 9.83. The molecule has 0 atom stereocenters. The first-order chi connectivity index (χ1) is 27.3. The summed E-state index contributed by atoms with van der Waals surface area (Å²) in [5.74, 6) is 0. The first-order valence-corrected chi connectivity index (χ1v) is 19.3. The Morgan fingerprint density at radius 3 is 1.42 bits per heavy atom. The van der Waals surface area contributed by atoms with Crippen molar-refractivity contribution < 1.29 is 0 Å². The van der Waals surface area contributed by atoms with E-state index in [2.05, 4.69) is 199 Å². The van der Waals surface area contributed by atoms with Crippen LogP contribution in [-0.4, -0.2) is 15.4 Å². The van der Waals surface area contributed by atoms with Crippen LogP contribution in [0, 0.1) is 0 Å². The summed E-state index contributed by atoms with van der Waals surface area (Å²) in [5, 5.41) is 16.7. The van der Waals surface area contributed by atoms with Crippen LogP contribution in [0.3, 0.4) is 0 Å². The van der Waals surface area contributed by atoms with E-state index >= 15 is 0 Å². The van der Waals surface area contributed by atoms with Crippen LogP contribution in [0.4, 0.5) is 0 Å². The Morgan fingerprint density at radius 1 is 0.291 bits per heavy atom. The molecule has 3 nitrogen and oxygen atoms in total. The molecule has 10 aromatic rings. The fourth-order valence-corrected chi connectivity index (χ4v) is 9.07. The van der Waals surface area contributed by atoms with Gasteiger partial charge in [0, 0.05) is 36.9 Å². The molecule has 0 aliphatic heterocycles. The van der Waals surface area contributed by atoms with Gasteiger partial charge in [0.15, 0.2) is 0 Å². The molecule has 2 aromatic heterocycles. The van der Waals surface area contributed by atoms with Gasteiger partial charge < -0.3 is 0 Å². The number of benzene rings is 8. The summed E-state index contributed by atoms with van der Waals surface area (Å²) in [6, 6.07) is 71.0. The van der Waals surface area contributed by atoms with Crippen molar-refractivity contribution in [2.24, 2.45) is 0 Å². The molecule has 0 saturated heterocycles. The Morgan fingerprint density at radius 2 is 0.764 bits per heavy atom. The van der Waals surface area contributed by atoms with Crippen LogP contribution < -0.4 is 0 Å². The monoisotopic (exact) mass is 719 g/mol. The summed E-state index contributed by atoms with van der Waals surface area (Å²) in [6.45, 7) is 0. The van der Waals surface area contributed by atoms with Gasteiger partial charge in [-0.25, -0.2) is 0 Å². The quantitative estimate of drug-likeness (QED) is 0.165. The van der Waals surface area contributed by atoms with E-state index in [4.69, 9.17) is 10.2 Å². The summed E-state index contributed by atoms with van der Waals surface area (Å²) in [4.78, 5) is 0. The van der Waals surface area contributed by atoms with E-state index in [1.54, 1.807) is 0 Å². The van der Waals surface area contributed by atoms with E-state index in [9.17, 15) is 0 Å². The Labute approximate surface area is 323 Å². The van der Waals surface area contributed by atoms with Crippen LogP contribution >= 0.6 is 11.3 Å². The smallest absolute Gasteiger partial charge is 0.105 e. The lowest BCUT2D eigenvalue weighted by Gasteiger charge is -2.21. The maximum atomic E-state index is 4.97. The van der Waals surface area contributed by atoms with Gasteiger partial charge in [-0.15, -0.1) is 21.5 Å². The van der Waals surface area contributed by atoms with Crippen LogP contribution in [0.5, 0.6) is 0 Å². The Hall–Kier alpha value is -7.01. The molecule has 0 unspecified atom stereocenters. The molecular weight excluding hydrogens is 687 g/mol. The van der Waals surface area contributed by atoms with Crippen molar-refractivity contribution >= 4 is 31.5 Å². The maximum Gasteiger partial charge on any atom is 0.105 e. The normalized spacial score (nSPS) is 11.3. The molecule has 0 aliphatic carbocycles. The average molecular weight is 720 g/mol. The van der Waals surface area contributed by atoms with Crippen LogP contribution in [-0.2, 0) is 0 Å². The minimum Gasteiger partial charge on any atom is -0.135 e. The zero-order valence-electron chi connectivity index (χ0n) is 29.8. The highest BCUT2D eigenvalue weighted by Crippen LogP contribution is 2.50. The molecule has 0 amide bonds. The second-order valence-corrected chi connectivity index (χ2v) is 14.6. The standard InChI is InChI=1S/C51H33N3S/c1-4-18-34(19-5-1)37-24-10-12-26-39(37)42-32-33-46-48(44-30-16-17-31-45(44)55-46)47(42)41-28-14-15-29-43(41)51-49(50(52-54-53-51)36-22-8-3-9-23-36)40-27-13-11-25-38(40)35-20-6-2-7-21-35/h1-33H. The SMILES string of the molecule is c1ccc(-c2ccccc2-c2ccc3sc4ccccc4c3c2-c2ccccc2-c2nnnc(-c3ccccc3)c2-c2ccccc2-c2ccccc2)cc1. The molecule has 0 N–H and O–H groups in total. The fourth-order valence-electron chi connectivity index (χ4n) is 7.95. The number of thiophene rings is 1. The number of aromatic nitrogens is 3. The number of fused-ring (bicyclic) bond motifs is 3. The van der Waals surface area contributed by atoms with Gasteiger partial charge >= 0.3 is 0 Å². The number of hydrogen-bond donors (Lipinski definition) is 0. The van der Waals surface area contributed by atoms with Gasteiger partial charge in [-0.3, -0.25) is 0 Å². The highest BCUT2D eigenvalue weighted by molar-refractivity contribution is 7.26. The van der Waals surface area contributed by atoms with E-state index in [0.29, 0.717) is 0 Å². The fraction of sp³-hybridized carbons (Fsp3) is 0. The highest BCUT2D eigenvalue weighted by Gasteiger charge is 2.26. The maximum absolute atomic E-state index is 4.97. The Balaban J connectivity index is 1.32. The molecule has 0 radical (unpaired) electrons. The summed E-state index contributed by atoms with van der Waals surface area (Å²) < 4.78 is 2.50. The minimum atomic E-state index is 0.784. The van der Waals surface area contributed by atoms with Gasteiger partial charge in [0.05, 0.1) is 0 Å². The predicted octanol–water partition coefficient (Wildman–Crippen LogP) is 13.9. The van der Waals surface area contributed by atoms with Gasteiger partial charge in [-0.05, 0) is 67.4 Å². The van der Waals surface area contributed by atoms with Crippen molar-refractivity contribution in [3.8, 4) is 78.1 Å². The van der Waals surface area contributed by atoms with E-state index in [-0.39, 0.29) is 0 Å². The summed E-state index contributed by atoms with van der Waals surface area (Å²) in [5.41, 5.74) is 14.8. The molecule has 258 valence electrons. The van der Waals surface area contributed by atoms with E-state index in [1.165, 1.54) is 48.0 Å². The van der Waals surface area contributed by atoms with Crippen molar-refractivity contribution in [3.63, 3.8) is 0 Å². The first kappa shape index (κ1) is 32.6. The topological polar surface area (TPSA) is 38.7 Å². The van der Waals surface area contributed by atoms with Crippen molar-refractivity contribution in [2.75, 3.05) is 0 Å². The number of rotatable bonds is 7. The van der Waals surface area contributed by atoms with Crippen LogP contribution in [0.1, 0.15) is 0 Å². The molecule has 0 aliphatic rings. The van der Waals surface area contributed by atoms with Gasteiger partial charge in [0.2, 0.25) is 0 Å². The third kappa shape index (κ3) is 5.81. The predicted molar refractivity (Wildman–Crippen MR) is 231 cm³/mol. The molecule has 0 spiro atoms. The van der Waals surface area contributed by atoms with Crippen LogP contribution in [0.25, 0.3) is 98.3 Å². The molecule has 0 saturated carbocycles. The lowest BCUT2D eigenvalue weighted by Crippen LogP contribution is -2.02. The second-order valence-electron chi connectivity index (χ2n) is 13.6. The molecular formula is C51H33N3S. The largest absolute Gasteiger partial charge is 0.135 e. The van der Waals surface area contributed by atoms with E-state index in [1.807, 2.05) is 17.4 Å². The van der Waals surface area contributed by atoms with Gasteiger partial charge in [-0.1, -0.05) is 188 Å². The second kappa shape index (κ2) is 14.1. The Bertz CT molecular complexity index is 2970.